The molecule has 0 spiro atoms. The van der Waals surface area contributed by atoms with Crippen molar-refractivity contribution in [3.63, 3.8) is 0 Å². The molecule has 7 heteroatoms. The van der Waals surface area contributed by atoms with Crippen LogP contribution in [0.25, 0.3) is 0 Å². The molecule has 1 heterocycles. The second-order valence-electron chi connectivity index (χ2n) is 4.26. The predicted octanol–water partition coefficient (Wildman–Crippen LogP) is 1.84. The van der Waals surface area contributed by atoms with Crippen LogP contribution in [-0.2, 0) is 14.8 Å². The highest BCUT2D eigenvalue weighted by Crippen LogP contribution is 2.25. The summed E-state index contributed by atoms with van der Waals surface area (Å²) in [6.45, 7) is 0.628. The molecule has 18 heavy (non-hydrogen) atoms. The Morgan fingerprint density at radius 3 is 2.89 bits per heavy atom. The number of nitrogens with one attached hydrogen (secondary N) is 1. The maximum absolute atomic E-state index is 11.9. The zero-order valence-corrected chi connectivity index (χ0v) is 11.3. The van der Waals surface area contributed by atoms with Crippen LogP contribution in [0.15, 0.2) is 18.2 Å². The van der Waals surface area contributed by atoms with E-state index < -0.39 is 10.0 Å². The molecule has 0 amide bonds. The molecule has 1 aromatic carbocycles. The van der Waals surface area contributed by atoms with Gasteiger partial charge in [-0.2, -0.15) is 0 Å². The maximum atomic E-state index is 11.9. The highest BCUT2D eigenvalue weighted by molar-refractivity contribution is 7.92. The number of anilines is 2. The Balaban J connectivity index is 2.07. The van der Waals surface area contributed by atoms with Crippen LogP contribution in [0.4, 0.5) is 11.4 Å². The highest BCUT2D eigenvalue weighted by Gasteiger charge is 2.23. The van der Waals surface area contributed by atoms with Crippen molar-refractivity contribution >= 4 is 33.0 Å². The lowest BCUT2D eigenvalue weighted by atomic mass is 10.3. The summed E-state index contributed by atoms with van der Waals surface area (Å²) in [6.07, 6.45) is 1.45. The van der Waals surface area contributed by atoms with Gasteiger partial charge in [-0.1, -0.05) is 11.6 Å². The van der Waals surface area contributed by atoms with Crippen LogP contribution in [0.5, 0.6) is 0 Å². The molecule has 0 aromatic heterocycles. The number of hydrogen-bond donors (Lipinski definition) is 2. The topological polar surface area (TPSA) is 81.4 Å². The van der Waals surface area contributed by atoms with E-state index in [1.165, 1.54) is 6.07 Å². The smallest absolute Gasteiger partial charge is 0.235 e. The first-order valence-electron chi connectivity index (χ1n) is 5.63. The van der Waals surface area contributed by atoms with Gasteiger partial charge in [0.1, 0.15) is 0 Å². The van der Waals surface area contributed by atoms with Gasteiger partial charge in [-0.15, -0.1) is 0 Å². The van der Waals surface area contributed by atoms with Crippen LogP contribution in [0.1, 0.15) is 12.8 Å². The average Bonchev–Trinajstić information content (AvgIpc) is 2.74. The monoisotopic (exact) mass is 290 g/mol. The summed E-state index contributed by atoms with van der Waals surface area (Å²) < 4.78 is 31.6. The van der Waals surface area contributed by atoms with E-state index in [4.69, 9.17) is 22.1 Å². The van der Waals surface area contributed by atoms with Crippen molar-refractivity contribution < 1.29 is 13.2 Å². The lowest BCUT2D eigenvalue weighted by molar-refractivity contribution is 0.127. The first-order chi connectivity index (χ1) is 8.46. The van der Waals surface area contributed by atoms with Crippen LogP contribution < -0.4 is 10.5 Å². The predicted molar refractivity (Wildman–Crippen MR) is 72.2 cm³/mol. The SMILES string of the molecule is Nc1ccc(NS(=O)(=O)CC2CCCO2)c(Cl)c1. The summed E-state index contributed by atoms with van der Waals surface area (Å²) >= 11 is 5.91. The first-order valence-corrected chi connectivity index (χ1v) is 7.66. The first kappa shape index (κ1) is 13.5. The Hall–Kier alpha value is -0.980. The molecule has 5 nitrogen and oxygen atoms in total. The van der Waals surface area contributed by atoms with E-state index in [9.17, 15) is 8.42 Å². The van der Waals surface area contributed by atoms with Gasteiger partial charge in [0.15, 0.2) is 0 Å². The molecular weight excluding hydrogens is 276 g/mol. The molecule has 100 valence electrons. The zero-order chi connectivity index (χ0) is 13.2. The van der Waals surface area contributed by atoms with Crippen LogP contribution in [-0.4, -0.2) is 26.9 Å². The third-order valence-corrected chi connectivity index (χ3v) is 4.34. The number of halogens is 1. The molecule has 1 aliphatic heterocycles. The number of nitrogen functional groups attached to an aromatic ring is 1. The average molecular weight is 291 g/mol. The Morgan fingerprint density at radius 1 is 1.50 bits per heavy atom. The summed E-state index contributed by atoms with van der Waals surface area (Å²) in [5.74, 6) is -0.0479. The van der Waals surface area contributed by atoms with Gasteiger partial charge in [0.2, 0.25) is 10.0 Å². The van der Waals surface area contributed by atoms with E-state index in [0.29, 0.717) is 18.0 Å². The number of nitrogens with two attached hydrogens (primary N) is 1. The highest BCUT2D eigenvalue weighted by atomic mass is 35.5. The Labute approximate surface area is 111 Å². The molecule has 3 N–H and O–H groups in total. The van der Waals surface area contributed by atoms with E-state index in [2.05, 4.69) is 4.72 Å². The summed E-state index contributed by atoms with van der Waals surface area (Å²) in [7, 11) is -3.45. The second kappa shape index (κ2) is 5.34. The number of rotatable bonds is 4. The molecule has 0 bridgehead atoms. The Morgan fingerprint density at radius 2 is 2.28 bits per heavy atom. The summed E-state index contributed by atoms with van der Waals surface area (Å²) in [4.78, 5) is 0. The molecule has 0 aliphatic carbocycles. The van der Waals surface area contributed by atoms with Crippen molar-refractivity contribution in [2.45, 2.75) is 18.9 Å². The molecule has 0 saturated carbocycles. The van der Waals surface area contributed by atoms with E-state index in [-0.39, 0.29) is 16.9 Å². The Kier molecular flexibility index (Phi) is 3.99. The number of hydrogen-bond acceptors (Lipinski definition) is 4. The van der Waals surface area contributed by atoms with Gasteiger partial charge in [-0.3, -0.25) is 4.72 Å². The largest absolute Gasteiger partial charge is 0.399 e. The molecule has 1 fully saturated rings. The van der Waals surface area contributed by atoms with E-state index in [1.54, 1.807) is 12.1 Å². The Bertz CT molecular complexity index is 527. The summed E-state index contributed by atoms with van der Waals surface area (Å²) in [6, 6.07) is 4.64. The van der Waals surface area contributed by atoms with Crippen molar-refractivity contribution in [3.05, 3.63) is 23.2 Å². The molecular formula is C11H15ClN2O3S. The van der Waals surface area contributed by atoms with Gasteiger partial charge in [-0.05, 0) is 31.0 Å². The lowest BCUT2D eigenvalue weighted by Gasteiger charge is -2.13. The third kappa shape index (κ3) is 3.51. The van der Waals surface area contributed by atoms with E-state index in [0.717, 1.165) is 12.8 Å². The number of benzene rings is 1. The molecule has 1 unspecified atom stereocenters. The zero-order valence-electron chi connectivity index (χ0n) is 9.73. The minimum Gasteiger partial charge on any atom is -0.399 e. The van der Waals surface area contributed by atoms with Crippen LogP contribution in [0.2, 0.25) is 5.02 Å². The van der Waals surface area contributed by atoms with Crippen LogP contribution in [0.3, 0.4) is 0 Å². The molecule has 2 rings (SSSR count). The maximum Gasteiger partial charge on any atom is 0.235 e. The van der Waals surface area contributed by atoms with Crippen molar-refractivity contribution in [1.29, 1.82) is 0 Å². The third-order valence-electron chi connectivity index (χ3n) is 2.69. The molecule has 1 atom stereocenters. The van der Waals surface area contributed by atoms with Gasteiger partial charge in [0.25, 0.3) is 0 Å². The van der Waals surface area contributed by atoms with Gasteiger partial charge < -0.3 is 10.5 Å². The normalized spacial score (nSPS) is 19.9. The van der Waals surface area contributed by atoms with Crippen LogP contribution >= 0.6 is 11.6 Å². The van der Waals surface area contributed by atoms with Crippen molar-refractivity contribution in [2.75, 3.05) is 22.8 Å². The van der Waals surface area contributed by atoms with Crippen molar-refractivity contribution in [2.24, 2.45) is 0 Å². The van der Waals surface area contributed by atoms with Gasteiger partial charge in [0, 0.05) is 12.3 Å². The molecule has 1 aliphatic rings. The quantitative estimate of drug-likeness (QED) is 0.829. The second-order valence-corrected chi connectivity index (χ2v) is 6.43. The van der Waals surface area contributed by atoms with E-state index >= 15 is 0 Å². The van der Waals surface area contributed by atoms with Gasteiger partial charge >= 0.3 is 0 Å². The van der Waals surface area contributed by atoms with Crippen molar-refractivity contribution in [1.82, 2.24) is 0 Å². The number of ether oxygens (including phenoxy) is 1. The molecule has 1 saturated heterocycles. The lowest BCUT2D eigenvalue weighted by Crippen LogP contribution is -2.25. The standard InChI is InChI=1S/C11H15ClN2O3S/c12-10-6-8(13)3-4-11(10)14-18(15,16)7-9-2-1-5-17-9/h3-4,6,9,14H,1-2,5,7,13H2. The molecule has 0 radical (unpaired) electrons. The minimum absolute atomic E-state index is 0.0479. The summed E-state index contributed by atoms with van der Waals surface area (Å²) in [5.41, 5.74) is 6.37. The fourth-order valence-corrected chi connectivity index (χ4v) is 3.48. The van der Waals surface area contributed by atoms with Gasteiger partial charge in [0.05, 0.1) is 22.6 Å². The van der Waals surface area contributed by atoms with Crippen LogP contribution in [0, 0.1) is 0 Å². The van der Waals surface area contributed by atoms with Gasteiger partial charge in [-0.25, -0.2) is 8.42 Å². The minimum atomic E-state index is -3.45. The number of sulfonamides is 1. The fourth-order valence-electron chi connectivity index (χ4n) is 1.84. The van der Waals surface area contributed by atoms with Crippen molar-refractivity contribution in [3.8, 4) is 0 Å². The summed E-state index contributed by atoms with van der Waals surface area (Å²) in [5, 5.41) is 0.283. The van der Waals surface area contributed by atoms with E-state index in [1.807, 2.05) is 0 Å². The molecule has 1 aromatic rings. The fraction of sp³-hybridized carbons (Fsp3) is 0.455.